The van der Waals surface area contributed by atoms with Crippen molar-refractivity contribution in [1.29, 1.82) is 0 Å². The van der Waals surface area contributed by atoms with Gasteiger partial charge in [0.15, 0.2) is 6.29 Å². The molecule has 1 aliphatic heterocycles. The van der Waals surface area contributed by atoms with Crippen molar-refractivity contribution >= 4 is 16.4 Å². The van der Waals surface area contributed by atoms with E-state index < -0.39 is 93.7 Å². The SMILES string of the molecule is CC(C)CCC[C@](C)(O)[C@H]1[C@@H](O)C[C@H]2[C@@H]3C[C@H](OS(=O)(=O)[O-])[C@H]4C[C@@H](O[C@@H]5O[C@H](C(=O)[O-])[C@@H](O)[C@H](O)[C@H]5O)CC[C@]4(C)C3=CC[C@@]21C.[Na+].[Na+]. The van der Waals surface area contributed by atoms with E-state index in [0.29, 0.717) is 38.0 Å². The van der Waals surface area contributed by atoms with Crippen molar-refractivity contribution in [2.24, 2.45) is 40.4 Å². The van der Waals surface area contributed by atoms with Gasteiger partial charge in [0.1, 0.15) is 24.4 Å². The van der Waals surface area contributed by atoms with Gasteiger partial charge < -0.3 is 49.5 Å². The van der Waals surface area contributed by atoms with Gasteiger partial charge in [-0.2, -0.15) is 0 Å². The zero-order valence-corrected chi connectivity index (χ0v) is 34.7. The first-order valence-corrected chi connectivity index (χ1v) is 18.3. The van der Waals surface area contributed by atoms with Crippen molar-refractivity contribution in [2.45, 2.75) is 147 Å². The van der Waals surface area contributed by atoms with Crippen molar-refractivity contribution in [3.05, 3.63) is 11.6 Å². The number of ether oxygens (including phenoxy) is 2. The Balaban J connectivity index is 0.00000325. The minimum atomic E-state index is -5.12. The zero-order valence-electron chi connectivity index (χ0n) is 29.9. The Bertz CT molecular complexity index is 1310. The summed E-state index contributed by atoms with van der Waals surface area (Å²) in [5, 5.41) is 65.5. The Morgan fingerprint density at radius 1 is 1.08 bits per heavy atom. The van der Waals surface area contributed by atoms with Crippen LogP contribution in [0.3, 0.4) is 0 Å². The number of carboxylic acids is 1. The Labute approximate surface area is 334 Å². The Morgan fingerprint density at radius 2 is 1.73 bits per heavy atom. The standard InChI is InChI=1S/C33H54O13S.2Na/c1-16(2)7-6-10-33(5,40)28-22(34)15-20-18-14-23(46-47(41,42)43)21-13-17(8-11-31(21,3)19(18)9-12-32(20,28)4)44-30-26(37)24(35)25(36)27(45-30)29(38)39;;/h9,16-18,20-28,30,34-37,40H,6-8,10-15H2,1-5H3,(H,38,39)(H,41,42,43);;/q;2*+1/p-2/t17-,18+,20-,21+,22-,23-,24-,25-,26+,27-,28-,30+,31+,32-,33-;;/m0../s1. The maximum absolute atomic E-state index is 12.1. The predicted molar refractivity (Wildman–Crippen MR) is 162 cm³/mol. The molecule has 1 heterocycles. The molecule has 0 aromatic rings. The van der Waals surface area contributed by atoms with Gasteiger partial charge in [0.2, 0.25) is 10.4 Å². The average molecular weight is 735 g/mol. The molecule has 0 amide bonds. The van der Waals surface area contributed by atoms with Crippen molar-refractivity contribution in [3.8, 4) is 0 Å². The molecule has 1 saturated heterocycles. The van der Waals surface area contributed by atoms with Gasteiger partial charge in [-0.1, -0.05) is 52.2 Å². The first-order chi connectivity index (χ1) is 21.7. The van der Waals surface area contributed by atoms with Gasteiger partial charge in [0, 0.05) is 5.92 Å². The van der Waals surface area contributed by atoms with Crippen LogP contribution in [0, 0.1) is 40.4 Å². The summed E-state index contributed by atoms with van der Waals surface area (Å²) in [4.78, 5) is 11.5. The van der Waals surface area contributed by atoms with E-state index in [1.165, 1.54) is 0 Å². The van der Waals surface area contributed by atoms with Gasteiger partial charge >= 0.3 is 59.1 Å². The van der Waals surface area contributed by atoms with E-state index in [2.05, 4.69) is 26.8 Å². The van der Waals surface area contributed by atoms with E-state index in [0.717, 1.165) is 18.4 Å². The van der Waals surface area contributed by atoms with Crippen LogP contribution in [-0.2, 0) is 28.9 Å². The molecule has 49 heavy (non-hydrogen) atoms. The van der Waals surface area contributed by atoms with Crippen LogP contribution in [0.5, 0.6) is 0 Å². The van der Waals surface area contributed by atoms with Crippen LogP contribution in [0.2, 0.25) is 0 Å². The summed E-state index contributed by atoms with van der Waals surface area (Å²) in [6.45, 7) is 10.2. The number of fused-ring (bicyclic) bond motifs is 5. The van der Waals surface area contributed by atoms with E-state index in [1.54, 1.807) is 0 Å². The smallest absolute Gasteiger partial charge is 0.726 e. The molecule has 15 atom stereocenters. The second kappa shape index (κ2) is 16.3. The first kappa shape index (κ1) is 44.2. The number of aliphatic carboxylic acids is 1. The molecule has 270 valence electrons. The number of rotatable bonds is 10. The molecule has 0 bridgehead atoms. The first-order valence-electron chi connectivity index (χ1n) is 17.0. The quantitative estimate of drug-likeness (QED) is 0.0465. The molecule has 0 unspecified atom stereocenters. The molecule has 5 rings (SSSR count). The second-order valence-corrected chi connectivity index (χ2v) is 17.1. The Morgan fingerprint density at radius 3 is 2.33 bits per heavy atom. The third-order valence-corrected chi connectivity index (χ3v) is 13.0. The summed E-state index contributed by atoms with van der Waals surface area (Å²) in [5.41, 5.74) is -1.09. The fourth-order valence-corrected chi connectivity index (χ4v) is 10.9. The maximum Gasteiger partial charge on any atom is 1.00 e. The summed E-state index contributed by atoms with van der Waals surface area (Å²) >= 11 is 0. The third-order valence-electron chi connectivity index (χ3n) is 12.5. The molecule has 0 aromatic carbocycles. The van der Waals surface area contributed by atoms with E-state index >= 15 is 0 Å². The van der Waals surface area contributed by atoms with E-state index in [1.807, 2.05) is 13.8 Å². The molecular formula is C33H52Na2O13S. The van der Waals surface area contributed by atoms with Crippen LogP contribution in [-0.4, -0.2) is 99.1 Å². The molecule has 0 radical (unpaired) electrons. The summed E-state index contributed by atoms with van der Waals surface area (Å²) in [6, 6.07) is 0. The zero-order chi connectivity index (χ0) is 34.9. The number of allylic oxidation sites excluding steroid dienone is 2. The molecule has 3 saturated carbocycles. The molecule has 16 heteroatoms. The van der Waals surface area contributed by atoms with Crippen molar-refractivity contribution in [1.82, 2.24) is 0 Å². The van der Waals surface area contributed by atoms with E-state index in [9.17, 15) is 48.4 Å². The van der Waals surface area contributed by atoms with Crippen LogP contribution in [0.4, 0.5) is 0 Å². The summed E-state index contributed by atoms with van der Waals surface area (Å²) in [5.74, 6) is -2.50. The number of hydrogen-bond donors (Lipinski definition) is 5. The molecule has 0 spiro atoms. The number of carbonyl (C=O) groups is 1. The number of carbonyl (C=O) groups excluding carboxylic acids is 1. The van der Waals surface area contributed by atoms with Gasteiger partial charge in [-0.3, -0.25) is 4.18 Å². The average Bonchev–Trinajstić information content (AvgIpc) is 3.23. The maximum atomic E-state index is 12.1. The van der Waals surface area contributed by atoms with Gasteiger partial charge in [0.05, 0.1) is 29.9 Å². The monoisotopic (exact) mass is 734 g/mol. The summed E-state index contributed by atoms with van der Waals surface area (Å²) in [7, 11) is -5.12. The van der Waals surface area contributed by atoms with Gasteiger partial charge in [-0.05, 0) is 86.4 Å². The largest absolute Gasteiger partial charge is 1.00 e. The van der Waals surface area contributed by atoms with Crippen LogP contribution >= 0.6 is 0 Å². The van der Waals surface area contributed by atoms with Gasteiger partial charge in [-0.15, -0.1) is 0 Å². The molecule has 0 aromatic heterocycles. The molecule has 13 nitrogen and oxygen atoms in total. The molecule has 4 fully saturated rings. The van der Waals surface area contributed by atoms with Crippen LogP contribution in [0.25, 0.3) is 0 Å². The summed E-state index contributed by atoms with van der Waals surface area (Å²) in [6.07, 6.45) is -4.75. The number of hydrogen-bond acceptors (Lipinski definition) is 13. The van der Waals surface area contributed by atoms with Gasteiger partial charge in [-0.25, -0.2) is 8.42 Å². The number of aliphatic hydroxyl groups excluding tert-OH is 4. The number of carboxylic acid groups (broad SMARTS) is 1. The predicted octanol–water partition coefficient (Wildman–Crippen LogP) is -5.48. The normalized spacial score (nSPS) is 44.7. The van der Waals surface area contributed by atoms with Crippen molar-refractivity contribution in [2.75, 3.05) is 0 Å². The minimum Gasteiger partial charge on any atom is -0.726 e. The fourth-order valence-electron chi connectivity index (χ4n) is 10.4. The topological polar surface area (TPSA) is 226 Å². The second-order valence-electron chi connectivity index (χ2n) is 16.1. The molecule has 4 aliphatic carbocycles. The number of aliphatic hydroxyl groups is 5. The summed E-state index contributed by atoms with van der Waals surface area (Å²) < 4.78 is 52.7. The fraction of sp³-hybridized carbons (Fsp3) is 0.909. The van der Waals surface area contributed by atoms with Crippen LogP contribution in [0.1, 0.15) is 92.4 Å². The van der Waals surface area contributed by atoms with Gasteiger partial charge in [0.25, 0.3) is 0 Å². The van der Waals surface area contributed by atoms with E-state index in [-0.39, 0.29) is 83.8 Å². The molecule has 5 aliphatic rings. The molecular weight excluding hydrogens is 682 g/mol. The Hall–Kier alpha value is 0.800. The minimum absolute atomic E-state index is 0. The molecule has 5 N–H and O–H groups in total. The van der Waals surface area contributed by atoms with Crippen LogP contribution < -0.4 is 64.2 Å². The Kier molecular flexibility index (Phi) is 14.7. The van der Waals surface area contributed by atoms with Crippen molar-refractivity contribution in [3.63, 3.8) is 0 Å². The third kappa shape index (κ3) is 8.71. The van der Waals surface area contributed by atoms with Crippen molar-refractivity contribution < 1.29 is 121 Å². The van der Waals surface area contributed by atoms with E-state index in [4.69, 9.17) is 13.7 Å². The van der Waals surface area contributed by atoms with Crippen LogP contribution in [0.15, 0.2) is 11.6 Å².